The molecule has 0 fully saturated rings. The maximum atomic E-state index is 11.9. The molecule has 2 aromatic rings. The van der Waals surface area contributed by atoms with Crippen molar-refractivity contribution >= 4 is 35.1 Å². The van der Waals surface area contributed by atoms with Crippen LogP contribution in [0.1, 0.15) is 25.0 Å². The van der Waals surface area contributed by atoms with E-state index in [0.29, 0.717) is 5.02 Å². The summed E-state index contributed by atoms with van der Waals surface area (Å²) in [5, 5.41) is 7.73. The van der Waals surface area contributed by atoms with Gasteiger partial charge in [-0.15, -0.1) is 0 Å². The van der Waals surface area contributed by atoms with E-state index < -0.39 is 0 Å². The predicted molar refractivity (Wildman–Crippen MR) is 110 cm³/mol. The molecule has 0 spiro atoms. The Labute approximate surface area is 160 Å². The SMILES string of the molecule is CCN(CC)c1ccc(C=NNC(=O)CNc2cccc(Cl)c2C)cc1. The van der Waals surface area contributed by atoms with Gasteiger partial charge in [-0.1, -0.05) is 29.8 Å². The minimum absolute atomic E-state index is 0.124. The Morgan fingerprint density at radius 3 is 2.50 bits per heavy atom. The van der Waals surface area contributed by atoms with Crippen LogP contribution in [0.2, 0.25) is 5.02 Å². The number of amides is 1. The molecule has 0 aliphatic heterocycles. The second kappa shape index (κ2) is 9.82. The van der Waals surface area contributed by atoms with Gasteiger partial charge >= 0.3 is 0 Å². The van der Waals surface area contributed by atoms with Crippen molar-refractivity contribution in [3.05, 3.63) is 58.6 Å². The van der Waals surface area contributed by atoms with Gasteiger partial charge in [0, 0.05) is 29.5 Å². The van der Waals surface area contributed by atoms with Crippen molar-refractivity contribution in [3.63, 3.8) is 0 Å². The number of rotatable bonds is 8. The minimum Gasteiger partial charge on any atom is -0.376 e. The third kappa shape index (κ3) is 5.49. The second-order valence-electron chi connectivity index (χ2n) is 5.82. The Kier molecular flexibility index (Phi) is 7.48. The van der Waals surface area contributed by atoms with Crippen molar-refractivity contribution < 1.29 is 4.79 Å². The Balaban J connectivity index is 1.84. The van der Waals surface area contributed by atoms with Gasteiger partial charge in [0.2, 0.25) is 0 Å². The van der Waals surface area contributed by atoms with Crippen LogP contribution in [0.15, 0.2) is 47.6 Å². The summed E-state index contributed by atoms with van der Waals surface area (Å²) < 4.78 is 0. The summed E-state index contributed by atoms with van der Waals surface area (Å²) in [6, 6.07) is 13.6. The van der Waals surface area contributed by atoms with Crippen molar-refractivity contribution in [1.82, 2.24) is 5.43 Å². The fraction of sp³-hybridized carbons (Fsp3) is 0.300. The number of anilines is 2. The molecule has 5 nitrogen and oxygen atoms in total. The van der Waals surface area contributed by atoms with E-state index in [4.69, 9.17) is 11.6 Å². The molecule has 0 saturated carbocycles. The summed E-state index contributed by atoms with van der Waals surface area (Å²) >= 11 is 6.06. The quantitative estimate of drug-likeness (QED) is 0.542. The van der Waals surface area contributed by atoms with E-state index in [1.807, 2.05) is 37.3 Å². The van der Waals surface area contributed by atoms with E-state index in [1.54, 1.807) is 6.21 Å². The zero-order chi connectivity index (χ0) is 18.9. The third-order valence-electron chi connectivity index (χ3n) is 4.13. The first-order valence-corrected chi connectivity index (χ1v) is 9.08. The van der Waals surface area contributed by atoms with E-state index in [1.165, 1.54) is 5.69 Å². The number of carbonyl (C=O) groups is 1. The number of hydrogen-bond donors (Lipinski definition) is 2. The third-order valence-corrected chi connectivity index (χ3v) is 4.54. The lowest BCUT2D eigenvalue weighted by molar-refractivity contribution is -0.119. The van der Waals surface area contributed by atoms with Gasteiger partial charge in [0.25, 0.3) is 5.91 Å². The lowest BCUT2D eigenvalue weighted by Gasteiger charge is -2.20. The number of nitrogens with zero attached hydrogens (tertiary/aromatic N) is 2. The van der Waals surface area contributed by atoms with Crippen LogP contribution in [0.25, 0.3) is 0 Å². The van der Waals surface area contributed by atoms with E-state index in [2.05, 4.69) is 46.7 Å². The molecule has 0 radical (unpaired) electrons. The van der Waals surface area contributed by atoms with Crippen molar-refractivity contribution in [1.29, 1.82) is 0 Å². The fourth-order valence-electron chi connectivity index (χ4n) is 2.55. The molecule has 0 unspecified atom stereocenters. The molecule has 0 aliphatic rings. The molecular formula is C20H25ClN4O. The summed E-state index contributed by atoms with van der Waals surface area (Å²) in [4.78, 5) is 14.2. The number of hydrogen-bond acceptors (Lipinski definition) is 4. The molecule has 2 aromatic carbocycles. The zero-order valence-corrected chi connectivity index (χ0v) is 16.2. The van der Waals surface area contributed by atoms with Crippen LogP contribution in [0.4, 0.5) is 11.4 Å². The first-order valence-electron chi connectivity index (χ1n) is 8.71. The molecule has 1 amide bonds. The van der Waals surface area contributed by atoms with Crippen molar-refractivity contribution in [2.24, 2.45) is 5.10 Å². The molecule has 6 heteroatoms. The normalized spacial score (nSPS) is 10.8. The smallest absolute Gasteiger partial charge is 0.259 e. The van der Waals surface area contributed by atoms with Crippen LogP contribution in [0.5, 0.6) is 0 Å². The predicted octanol–water partition coefficient (Wildman–Crippen LogP) is 4.06. The molecular weight excluding hydrogens is 348 g/mol. The average Bonchev–Trinajstić information content (AvgIpc) is 2.65. The standard InChI is InChI=1S/C20H25ClN4O/c1-4-25(5-2)17-11-9-16(10-12-17)13-23-24-20(26)14-22-19-8-6-7-18(21)15(19)3/h6-13,22H,4-5,14H2,1-3H3,(H,24,26). The highest BCUT2D eigenvalue weighted by molar-refractivity contribution is 6.31. The van der Waals surface area contributed by atoms with Gasteiger partial charge in [0.15, 0.2) is 0 Å². The van der Waals surface area contributed by atoms with Gasteiger partial charge in [0.1, 0.15) is 0 Å². The molecule has 0 aliphatic carbocycles. The van der Waals surface area contributed by atoms with Gasteiger partial charge in [-0.05, 0) is 56.2 Å². The Hall–Kier alpha value is -2.53. The largest absolute Gasteiger partial charge is 0.376 e. The van der Waals surface area contributed by atoms with Gasteiger partial charge in [-0.25, -0.2) is 5.43 Å². The fourth-order valence-corrected chi connectivity index (χ4v) is 2.73. The first-order chi connectivity index (χ1) is 12.5. The van der Waals surface area contributed by atoms with Gasteiger partial charge < -0.3 is 10.2 Å². The number of halogens is 1. The molecule has 26 heavy (non-hydrogen) atoms. The number of benzene rings is 2. The summed E-state index contributed by atoms with van der Waals surface area (Å²) in [6.45, 7) is 8.24. The van der Waals surface area contributed by atoms with E-state index in [-0.39, 0.29) is 12.5 Å². The van der Waals surface area contributed by atoms with Crippen LogP contribution < -0.4 is 15.6 Å². The van der Waals surface area contributed by atoms with E-state index >= 15 is 0 Å². The van der Waals surface area contributed by atoms with Gasteiger partial charge in [0.05, 0.1) is 12.8 Å². The van der Waals surface area contributed by atoms with Crippen molar-refractivity contribution in [3.8, 4) is 0 Å². The summed E-state index contributed by atoms with van der Waals surface area (Å²) in [6.07, 6.45) is 1.63. The monoisotopic (exact) mass is 372 g/mol. The van der Waals surface area contributed by atoms with E-state index in [0.717, 1.165) is 29.9 Å². The summed E-state index contributed by atoms with van der Waals surface area (Å²) in [5.41, 5.74) is 6.38. The van der Waals surface area contributed by atoms with E-state index in [9.17, 15) is 4.79 Å². The highest BCUT2D eigenvalue weighted by atomic mass is 35.5. The Morgan fingerprint density at radius 2 is 1.85 bits per heavy atom. The van der Waals surface area contributed by atoms with Crippen LogP contribution in [0.3, 0.4) is 0 Å². The second-order valence-corrected chi connectivity index (χ2v) is 6.23. The molecule has 0 aromatic heterocycles. The molecule has 0 bridgehead atoms. The number of carbonyl (C=O) groups excluding carboxylic acids is 1. The molecule has 2 N–H and O–H groups in total. The first kappa shape index (κ1) is 19.8. The Bertz CT molecular complexity index is 755. The summed E-state index contributed by atoms with van der Waals surface area (Å²) in [7, 11) is 0. The highest BCUT2D eigenvalue weighted by Gasteiger charge is 2.04. The molecule has 138 valence electrons. The molecule has 0 atom stereocenters. The number of hydrazone groups is 1. The van der Waals surface area contributed by atoms with Crippen LogP contribution in [-0.2, 0) is 4.79 Å². The maximum Gasteiger partial charge on any atom is 0.259 e. The van der Waals surface area contributed by atoms with Crippen molar-refractivity contribution in [2.45, 2.75) is 20.8 Å². The molecule has 0 heterocycles. The van der Waals surface area contributed by atoms with Gasteiger partial charge in [-0.3, -0.25) is 4.79 Å². The highest BCUT2D eigenvalue weighted by Crippen LogP contribution is 2.22. The Morgan fingerprint density at radius 1 is 1.15 bits per heavy atom. The molecule has 0 saturated heterocycles. The summed E-state index contributed by atoms with van der Waals surface area (Å²) in [5.74, 6) is -0.222. The topological polar surface area (TPSA) is 56.7 Å². The zero-order valence-electron chi connectivity index (χ0n) is 15.4. The lowest BCUT2D eigenvalue weighted by atomic mass is 10.2. The lowest BCUT2D eigenvalue weighted by Crippen LogP contribution is -2.26. The maximum absolute atomic E-state index is 11.9. The number of nitrogens with one attached hydrogen (secondary N) is 2. The molecule has 2 rings (SSSR count). The minimum atomic E-state index is -0.222. The van der Waals surface area contributed by atoms with Crippen LogP contribution >= 0.6 is 11.6 Å². The van der Waals surface area contributed by atoms with Crippen molar-refractivity contribution in [2.75, 3.05) is 29.9 Å². The van der Waals surface area contributed by atoms with Crippen LogP contribution in [0, 0.1) is 6.92 Å². The van der Waals surface area contributed by atoms with Crippen LogP contribution in [-0.4, -0.2) is 31.8 Å². The average molecular weight is 373 g/mol. The van der Waals surface area contributed by atoms with Gasteiger partial charge in [-0.2, -0.15) is 5.10 Å².